The summed E-state index contributed by atoms with van der Waals surface area (Å²) >= 11 is 6.26. The lowest BCUT2D eigenvalue weighted by Gasteiger charge is -2.37. The van der Waals surface area contributed by atoms with Gasteiger partial charge in [-0.3, -0.25) is 4.79 Å². The number of piperidine rings is 2. The first-order valence-electron chi connectivity index (χ1n) is 9.97. The third-order valence-corrected chi connectivity index (χ3v) is 6.33. The summed E-state index contributed by atoms with van der Waals surface area (Å²) in [5.41, 5.74) is 2.76. The van der Waals surface area contributed by atoms with Crippen molar-refractivity contribution in [1.29, 1.82) is 0 Å². The summed E-state index contributed by atoms with van der Waals surface area (Å²) in [6.07, 6.45) is 3.78. The third-order valence-electron chi connectivity index (χ3n) is 6.02. The Morgan fingerprint density at radius 1 is 1.07 bits per heavy atom. The number of rotatable bonds is 2. The zero-order valence-electron chi connectivity index (χ0n) is 16.6. The van der Waals surface area contributed by atoms with Crippen molar-refractivity contribution in [1.82, 2.24) is 9.80 Å². The molecule has 148 valence electrons. The average molecular weight is 392 g/mol. The largest absolute Gasteiger partial charge is 0.342 e. The van der Waals surface area contributed by atoms with E-state index in [-0.39, 0.29) is 17.9 Å². The fraction of sp³-hybridized carbons (Fsp3) is 0.619. The lowest BCUT2D eigenvalue weighted by Crippen LogP contribution is -2.47. The molecule has 1 aromatic carbocycles. The number of halogens is 1. The molecule has 0 aliphatic carbocycles. The van der Waals surface area contributed by atoms with Gasteiger partial charge in [-0.25, -0.2) is 4.79 Å². The smallest absolute Gasteiger partial charge is 0.321 e. The molecule has 5 nitrogen and oxygen atoms in total. The minimum atomic E-state index is -0.136. The van der Waals surface area contributed by atoms with Gasteiger partial charge in [0.05, 0.1) is 10.7 Å². The highest BCUT2D eigenvalue weighted by atomic mass is 35.5. The molecular weight excluding hydrogens is 362 g/mol. The van der Waals surface area contributed by atoms with Crippen LogP contribution in [0.25, 0.3) is 0 Å². The summed E-state index contributed by atoms with van der Waals surface area (Å²) in [6.45, 7) is 9.15. The van der Waals surface area contributed by atoms with E-state index in [2.05, 4.69) is 12.2 Å². The van der Waals surface area contributed by atoms with Crippen LogP contribution in [0.1, 0.15) is 43.7 Å². The van der Waals surface area contributed by atoms with E-state index in [4.69, 9.17) is 11.6 Å². The maximum Gasteiger partial charge on any atom is 0.321 e. The molecule has 27 heavy (non-hydrogen) atoms. The number of benzene rings is 1. The van der Waals surface area contributed by atoms with Crippen LogP contribution in [0.2, 0.25) is 5.02 Å². The second-order valence-electron chi connectivity index (χ2n) is 8.09. The Morgan fingerprint density at radius 2 is 1.78 bits per heavy atom. The molecule has 2 aliphatic rings. The van der Waals surface area contributed by atoms with Crippen LogP contribution in [-0.4, -0.2) is 47.9 Å². The highest BCUT2D eigenvalue weighted by Crippen LogP contribution is 2.29. The number of likely N-dealkylation sites (tertiary alicyclic amines) is 2. The van der Waals surface area contributed by atoms with Gasteiger partial charge in [-0.05, 0) is 62.6 Å². The van der Waals surface area contributed by atoms with Crippen LogP contribution in [0.15, 0.2) is 12.1 Å². The zero-order chi connectivity index (χ0) is 19.6. The molecule has 1 aromatic rings. The molecule has 2 saturated heterocycles. The van der Waals surface area contributed by atoms with Gasteiger partial charge in [0.2, 0.25) is 5.91 Å². The molecular formula is C21H30ClN3O2. The molecule has 3 amide bonds. The second kappa shape index (κ2) is 8.51. The molecule has 0 radical (unpaired) electrons. The van der Waals surface area contributed by atoms with Crippen LogP contribution in [0, 0.1) is 25.7 Å². The maximum absolute atomic E-state index is 12.8. The number of urea groups is 1. The monoisotopic (exact) mass is 391 g/mol. The van der Waals surface area contributed by atoms with Crippen molar-refractivity contribution in [2.24, 2.45) is 11.8 Å². The first-order chi connectivity index (χ1) is 12.9. The number of anilines is 1. The van der Waals surface area contributed by atoms with E-state index in [1.165, 1.54) is 6.42 Å². The first-order valence-corrected chi connectivity index (χ1v) is 10.3. The summed E-state index contributed by atoms with van der Waals surface area (Å²) < 4.78 is 0. The Labute approximate surface area is 167 Å². The molecule has 6 heteroatoms. The zero-order valence-corrected chi connectivity index (χ0v) is 17.3. The van der Waals surface area contributed by atoms with E-state index in [0.717, 1.165) is 43.5 Å². The van der Waals surface area contributed by atoms with E-state index >= 15 is 0 Å². The molecule has 2 heterocycles. The molecule has 3 rings (SSSR count). The van der Waals surface area contributed by atoms with Crippen molar-refractivity contribution in [3.63, 3.8) is 0 Å². The van der Waals surface area contributed by atoms with Gasteiger partial charge >= 0.3 is 6.03 Å². The molecule has 1 N–H and O–H groups in total. The van der Waals surface area contributed by atoms with Crippen LogP contribution >= 0.6 is 11.6 Å². The molecule has 0 saturated carbocycles. The Hall–Kier alpha value is -1.75. The topological polar surface area (TPSA) is 52.7 Å². The van der Waals surface area contributed by atoms with Gasteiger partial charge in [-0.15, -0.1) is 0 Å². The summed E-state index contributed by atoms with van der Waals surface area (Å²) in [7, 11) is 0. The molecule has 1 atom stereocenters. The van der Waals surface area contributed by atoms with Crippen molar-refractivity contribution < 1.29 is 9.59 Å². The molecule has 2 aliphatic heterocycles. The normalized spacial score (nSPS) is 21.3. The van der Waals surface area contributed by atoms with Crippen LogP contribution in [0.3, 0.4) is 0 Å². The number of hydrogen-bond acceptors (Lipinski definition) is 2. The Kier molecular flexibility index (Phi) is 6.30. The minimum Gasteiger partial charge on any atom is -0.342 e. The highest BCUT2D eigenvalue weighted by molar-refractivity contribution is 6.34. The van der Waals surface area contributed by atoms with Gasteiger partial charge in [0.25, 0.3) is 0 Å². The summed E-state index contributed by atoms with van der Waals surface area (Å²) in [4.78, 5) is 29.3. The summed E-state index contributed by atoms with van der Waals surface area (Å²) in [5.74, 6) is 0.915. The standard InChI is InChI=1S/C21H30ClN3O2/c1-14-5-4-10-25(13-14)20(26)17-8-11-24(12-9-17)21(27)23-19-16(3)15(2)6-7-18(19)22/h6-7,14,17H,4-5,8-13H2,1-3H3,(H,23,27). The lowest BCUT2D eigenvalue weighted by atomic mass is 9.93. The Morgan fingerprint density at radius 3 is 2.44 bits per heavy atom. The Bertz CT molecular complexity index is 714. The second-order valence-corrected chi connectivity index (χ2v) is 8.49. The van der Waals surface area contributed by atoms with E-state index in [0.29, 0.717) is 29.7 Å². The lowest BCUT2D eigenvalue weighted by molar-refractivity contribution is -0.138. The van der Waals surface area contributed by atoms with Crippen LogP contribution < -0.4 is 5.32 Å². The van der Waals surface area contributed by atoms with E-state index in [1.807, 2.05) is 30.9 Å². The van der Waals surface area contributed by atoms with E-state index in [1.54, 1.807) is 4.90 Å². The number of nitrogens with zero attached hydrogens (tertiary/aromatic N) is 2. The van der Waals surface area contributed by atoms with Crippen LogP contribution in [-0.2, 0) is 4.79 Å². The number of carbonyl (C=O) groups is 2. The van der Waals surface area contributed by atoms with Gasteiger partial charge < -0.3 is 15.1 Å². The van der Waals surface area contributed by atoms with E-state index in [9.17, 15) is 9.59 Å². The van der Waals surface area contributed by atoms with Gasteiger partial charge in [0.15, 0.2) is 0 Å². The van der Waals surface area contributed by atoms with Gasteiger partial charge in [0, 0.05) is 32.1 Å². The third kappa shape index (κ3) is 4.57. The van der Waals surface area contributed by atoms with Crippen molar-refractivity contribution in [2.75, 3.05) is 31.5 Å². The van der Waals surface area contributed by atoms with Crippen molar-refractivity contribution in [2.45, 2.75) is 46.5 Å². The Balaban J connectivity index is 1.55. The average Bonchev–Trinajstić information content (AvgIpc) is 2.67. The van der Waals surface area contributed by atoms with Crippen LogP contribution in [0.5, 0.6) is 0 Å². The predicted molar refractivity (Wildman–Crippen MR) is 109 cm³/mol. The number of amides is 3. The van der Waals surface area contributed by atoms with Gasteiger partial charge in [-0.2, -0.15) is 0 Å². The van der Waals surface area contributed by atoms with Crippen molar-refractivity contribution >= 4 is 29.2 Å². The van der Waals surface area contributed by atoms with Crippen LogP contribution in [0.4, 0.5) is 10.5 Å². The van der Waals surface area contributed by atoms with Crippen molar-refractivity contribution in [3.05, 3.63) is 28.3 Å². The molecule has 1 unspecified atom stereocenters. The predicted octanol–water partition coefficient (Wildman–Crippen LogP) is 4.46. The SMILES string of the molecule is Cc1ccc(Cl)c(NC(=O)N2CCC(C(=O)N3CCCC(C)C3)CC2)c1C. The number of hydrogen-bond donors (Lipinski definition) is 1. The molecule has 2 fully saturated rings. The fourth-order valence-electron chi connectivity index (χ4n) is 4.10. The number of carbonyl (C=O) groups excluding carboxylic acids is 2. The molecule has 0 spiro atoms. The van der Waals surface area contributed by atoms with Gasteiger partial charge in [0.1, 0.15) is 0 Å². The molecule has 0 aromatic heterocycles. The summed E-state index contributed by atoms with van der Waals surface area (Å²) in [6, 6.07) is 3.62. The van der Waals surface area contributed by atoms with Crippen molar-refractivity contribution in [3.8, 4) is 0 Å². The number of nitrogens with one attached hydrogen (secondary N) is 1. The summed E-state index contributed by atoms with van der Waals surface area (Å²) in [5, 5.41) is 3.51. The molecule has 0 bridgehead atoms. The highest BCUT2D eigenvalue weighted by Gasteiger charge is 2.32. The fourth-order valence-corrected chi connectivity index (χ4v) is 4.35. The van der Waals surface area contributed by atoms with E-state index < -0.39 is 0 Å². The number of aryl methyl sites for hydroxylation is 1. The first kappa shape index (κ1) is 20.0. The minimum absolute atomic E-state index is 0.0450. The quantitative estimate of drug-likeness (QED) is 0.809. The maximum atomic E-state index is 12.8. The van der Waals surface area contributed by atoms with Gasteiger partial charge in [-0.1, -0.05) is 24.6 Å².